The molecule has 0 spiro atoms. The van der Waals surface area contributed by atoms with Crippen LogP contribution in [0.15, 0.2) is 60.7 Å². The minimum Gasteiger partial charge on any atom is -0.508 e. The van der Waals surface area contributed by atoms with E-state index < -0.39 is 35.5 Å². The van der Waals surface area contributed by atoms with E-state index in [1.165, 1.54) is 29.2 Å². The molecule has 5 aromatic rings. The Morgan fingerprint density at radius 3 is 2.48 bits per heavy atom. The predicted molar refractivity (Wildman–Crippen MR) is 228 cm³/mol. The lowest BCUT2D eigenvalue weighted by Crippen LogP contribution is -2.54. The van der Waals surface area contributed by atoms with Crippen molar-refractivity contribution in [1.29, 1.82) is 0 Å². The molecule has 0 radical (unpaired) electrons. The highest BCUT2D eigenvalue weighted by atomic mass is 35.5. The van der Waals surface area contributed by atoms with Crippen molar-refractivity contribution in [3.63, 3.8) is 0 Å². The number of likely N-dealkylation sites (N-methyl/N-ethyl adjacent to an activating group) is 1. The van der Waals surface area contributed by atoms with Gasteiger partial charge in [0.25, 0.3) is 11.8 Å². The van der Waals surface area contributed by atoms with E-state index in [-0.39, 0.29) is 95.5 Å². The second kappa shape index (κ2) is 17.2. The SMILES string of the molecule is CCC(=O)N1CCN(c2nc(NCCC(=O)N(C)CCOc3ccc4c(c3)C(=O)N(C3CCC(=O)NC3=O)C4=O)nc3c(F)c(-c4cc(O)cc5ccccc45)c(Cl)cc23)CC1. The molecule has 62 heavy (non-hydrogen) atoms. The van der Waals surface area contributed by atoms with Crippen LogP contribution in [0.25, 0.3) is 32.8 Å². The third kappa shape index (κ3) is 8.02. The first-order valence-corrected chi connectivity index (χ1v) is 20.6. The highest BCUT2D eigenvalue weighted by molar-refractivity contribution is 6.35. The maximum absolute atomic E-state index is 16.9. The summed E-state index contributed by atoms with van der Waals surface area (Å²) in [4.78, 5) is 91.3. The molecule has 0 saturated carbocycles. The van der Waals surface area contributed by atoms with E-state index in [1.807, 2.05) is 36.1 Å². The molecule has 2 saturated heterocycles. The third-order valence-corrected chi connectivity index (χ3v) is 11.7. The number of amides is 6. The number of phenols is 1. The Morgan fingerprint density at radius 1 is 0.968 bits per heavy atom. The highest BCUT2D eigenvalue weighted by Gasteiger charge is 2.44. The van der Waals surface area contributed by atoms with E-state index in [0.717, 1.165) is 4.90 Å². The fraction of sp³-hybridized carbons (Fsp3) is 0.318. The van der Waals surface area contributed by atoms with Gasteiger partial charge in [0.1, 0.15) is 35.5 Å². The van der Waals surface area contributed by atoms with Gasteiger partial charge < -0.3 is 29.9 Å². The zero-order valence-electron chi connectivity index (χ0n) is 33.9. The van der Waals surface area contributed by atoms with E-state index in [4.69, 9.17) is 21.3 Å². The largest absolute Gasteiger partial charge is 0.508 e. The number of carbonyl (C=O) groups excluding carboxylic acids is 6. The number of nitrogens with zero attached hydrogens (tertiary/aromatic N) is 6. The lowest BCUT2D eigenvalue weighted by Gasteiger charge is -2.36. The number of aromatic hydroxyl groups is 1. The molecule has 1 atom stereocenters. The summed E-state index contributed by atoms with van der Waals surface area (Å²) in [7, 11) is 1.60. The second-order valence-corrected chi connectivity index (χ2v) is 15.7. The van der Waals surface area contributed by atoms with Gasteiger partial charge in [-0.05, 0) is 59.2 Å². The zero-order chi connectivity index (χ0) is 43.8. The molecule has 3 N–H and O–H groups in total. The predicted octanol–water partition coefficient (Wildman–Crippen LogP) is 4.75. The summed E-state index contributed by atoms with van der Waals surface area (Å²) >= 11 is 6.86. The summed E-state index contributed by atoms with van der Waals surface area (Å²) in [5.41, 5.74) is 0.636. The summed E-state index contributed by atoms with van der Waals surface area (Å²) in [6.45, 7) is 3.89. The molecule has 16 nitrogen and oxygen atoms in total. The smallest absolute Gasteiger partial charge is 0.262 e. The van der Waals surface area contributed by atoms with Gasteiger partial charge in [-0.1, -0.05) is 42.8 Å². The van der Waals surface area contributed by atoms with Gasteiger partial charge in [-0.3, -0.25) is 39.0 Å². The number of hydrogen-bond acceptors (Lipinski definition) is 12. The first-order chi connectivity index (χ1) is 29.8. The average Bonchev–Trinajstić information content (AvgIpc) is 3.50. The van der Waals surface area contributed by atoms with Gasteiger partial charge in [-0.15, -0.1) is 0 Å². The Labute approximate surface area is 359 Å². The number of aromatic nitrogens is 2. The number of carbonyl (C=O) groups is 6. The molecular weight excluding hydrogens is 823 g/mol. The minimum atomic E-state index is -1.09. The fourth-order valence-electron chi connectivity index (χ4n) is 8.08. The van der Waals surface area contributed by atoms with Crippen LogP contribution in [-0.2, 0) is 19.2 Å². The second-order valence-electron chi connectivity index (χ2n) is 15.2. The van der Waals surface area contributed by atoms with Crippen LogP contribution in [0.2, 0.25) is 5.02 Å². The molecule has 6 amide bonds. The van der Waals surface area contributed by atoms with Gasteiger partial charge in [-0.2, -0.15) is 4.98 Å². The summed E-state index contributed by atoms with van der Waals surface area (Å²) in [6, 6.07) is 15.2. The summed E-state index contributed by atoms with van der Waals surface area (Å²) in [5.74, 6) is -2.65. The van der Waals surface area contributed by atoms with E-state index in [0.29, 0.717) is 60.1 Å². The van der Waals surface area contributed by atoms with Gasteiger partial charge in [0.15, 0.2) is 5.82 Å². The molecule has 2 fully saturated rings. The number of piperazine rings is 1. The average molecular weight is 865 g/mol. The number of hydrogen-bond donors (Lipinski definition) is 3. The number of phenolic OH excluding ortho intramolecular Hbond substituents is 1. The van der Waals surface area contributed by atoms with Crippen molar-refractivity contribution < 1.29 is 43.0 Å². The van der Waals surface area contributed by atoms with Crippen molar-refractivity contribution in [2.24, 2.45) is 0 Å². The van der Waals surface area contributed by atoms with Crippen LogP contribution in [0.5, 0.6) is 11.5 Å². The van der Waals surface area contributed by atoms with Crippen LogP contribution in [0.3, 0.4) is 0 Å². The maximum Gasteiger partial charge on any atom is 0.262 e. The molecule has 4 aromatic carbocycles. The van der Waals surface area contributed by atoms with Crippen molar-refractivity contribution in [2.45, 2.75) is 38.6 Å². The van der Waals surface area contributed by atoms with Crippen molar-refractivity contribution in [2.75, 3.05) is 63.1 Å². The molecule has 0 aliphatic carbocycles. The highest BCUT2D eigenvalue weighted by Crippen LogP contribution is 2.42. The molecule has 4 heterocycles. The summed E-state index contributed by atoms with van der Waals surface area (Å²) < 4.78 is 22.8. The lowest BCUT2D eigenvalue weighted by molar-refractivity contribution is -0.136. The molecule has 3 aliphatic heterocycles. The van der Waals surface area contributed by atoms with E-state index in [2.05, 4.69) is 15.6 Å². The molecule has 1 unspecified atom stereocenters. The van der Waals surface area contributed by atoms with Crippen LogP contribution in [0, 0.1) is 5.82 Å². The van der Waals surface area contributed by atoms with Crippen molar-refractivity contribution in [1.82, 2.24) is 30.0 Å². The Bertz CT molecular complexity index is 2690. The van der Waals surface area contributed by atoms with E-state index >= 15 is 4.39 Å². The van der Waals surface area contributed by atoms with Crippen LogP contribution in [0.4, 0.5) is 16.2 Å². The normalized spacial score (nSPS) is 16.5. The Kier molecular flexibility index (Phi) is 11.6. The molecule has 1 aromatic heterocycles. The molecule has 320 valence electrons. The number of benzene rings is 4. The number of ether oxygens (including phenoxy) is 1. The van der Waals surface area contributed by atoms with Crippen LogP contribution < -0.4 is 20.3 Å². The van der Waals surface area contributed by atoms with Gasteiger partial charge in [0.05, 0.1) is 22.7 Å². The number of imide groups is 2. The number of anilines is 2. The number of piperidine rings is 1. The molecule has 8 rings (SSSR count). The molecular formula is C44H42ClFN8O8. The Balaban J connectivity index is 0.954. The first-order valence-electron chi connectivity index (χ1n) is 20.2. The van der Waals surface area contributed by atoms with Crippen molar-refractivity contribution >= 4 is 80.5 Å². The van der Waals surface area contributed by atoms with Crippen LogP contribution in [-0.4, -0.2) is 124 Å². The number of fused-ring (bicyclic) bond motifs is 3. The Morgan fingerprint density at radius 2 is 1.73 bits per heavy atom. The lowest BCUT2D eigenvalue weighted by atomic mass is 9.96. The van der Waals surface area contributed by atoms with Gasteiger partial charge in [-0.25, -0.2) is 9.37 Å². The topological polar surface area (TPSA) is 195 Å². The van der Waals surface area contributed by atoms with Gasteiger partial charge in [0, 0.05) is 70.0 Å². The number of halogens is 2. The standard InChI is InChI=1S/C44H42ClFN8O8/c1-3-35(57)52-14-16-53(17-15-52)40-31-23-32(45)37(29-21-25(55)20-24-6-4-5-7-27(24)29)38(46)39(31)49-44(50-40)47-13-12-36(58)51(2)18-19-62-26-8-9-28-30(22-26)43(61)54(42(28)60)33-10-11-34(56)48-41(33)59/h4-9,20-23,33,55H,3,10-19H2,1-2H3,(H,47,49,50)(H,48,56,59). The van der Waals surface area contributed by atoms with Crippen molar-refractivity contribution in [3.8, 4) is 22.6 Å². The fourth-order valence-corrected chi connectivity index (χ4v) is 8.37. The monoisotopic (exact) mass is 864 g/mol. The molecule has 18 heteroatoms. The van der Waals surface area contributed by atoms with E-state index in [1.54, 1.807) is 24.1 Å². The maximum atomic E-state index is 16.9. The number of nitrogens with one attached hydrogen (secondary N) is 2. The van der Waals surface area contributed by atoms with Gasteiger partial charge >= 0.3 is 0 Å². The minimum absolute atomic E-state index is 0.0114. The van der Waals surface area contributed by atoms with Crippen LogP contribution in [0.1, 0.15) is 53.3 Å². The van der Waals surface area contributed by atoms with Gasteiger partial charge in [0.2, 0.25) is 29.6 Å². The van der Waals surface area contributed by atoms with Crippen LogP contribution >= 0.6 is 11.6 Å². The third-order valence-electron chi connectivity index (χ3n) is 11.4. The summed E-state index contributed by atoms with van der Waals surface area (Å²) in [5, 5.41) is 17.7. The van der Waals surface area contributed by atoms with E-state index in [9.17, 15) is 33.9 Å². The van der Waals surface area contributed by atoms with Crippen molar-refractivity contribution in [3.05, 3.63) is 82.6 Å². The number of rotatable bonds is 12. The molecule has 3 aliphatic rings. The molecule has 0 bridgehead atoms. The quantitative estimate of drug-likeness (QED) is 0.146. The summed E-state index contributed by atoms with van der Waals surface area (Å²) in [6.07, 6.45) is 0.450. The first kappa shape index (κ1) is 41.8. The zero-order valence-corrected chi connectivity index (χ0v) is 34.6. The Hall–Kier alpha value is -6.88.